The predicted molar refractivity (Wildman–Crippen MR) is 58.9 cm³/mol. The summed E-state index contributed by atoms with van der Waals surface area (Å²) in [5.41, 5.74) is 0.893. The molecule has 2 aromatic rings. The van der Waals surface area contributed by atoms with Gasteiger partial charge >= 0.3 is 0 Å². The van der Waals surface area contributed by atoms with Gasteiger partial charge in [-0.2, -0.15) is 0 Å². The average Bonchev–Trinajstić information content (AvgIpc) is 2.66. The monoisotopic (exact) mass is 205 g/mol. The molecule has 0 N–H and O–H groups in total. The maximum absolute atomic E-state index is 11.7. The molecule has 2 heterocycles. The van der Waals surface area contributed by atoms with E-state index in [9.17, 15) is 4.79 Å². The zero-order valence-corrected chi connectivity index (χ0v) is 8.75. The molecule has 3 heteroatoms. The Labute approximate surface area is 86.4 Å². The first kappa shape index (κ1) is 9.21. The third-order valence-corrected chi connectivity index (χ3v) is 2.98. The van der Waals surface area contributed by atoms with Gasteiger partial charge < -0.3 is 4.57 Å². The van der Waals surface area contributed by atoms with Crippen LogP contribution in [0, 0.1) is 6.92 Å². The minimum atomic E-state index is 0.0981. The minimum Gasteiger partial charge on any atom is -0.310 e. The van der Waals surface area contributed by atoms with Crippen LogP contribution >= 0.6 is 11.3 Å². The molecule has 0 unspecified atom stereocenters. The van der Waals surface area contributed by atoms with Gasteiger partial charge in [-0.05, 0) is 24.4 Å². The quantitative estimate of drug-likeness (QED) is 0.737. The number of aryl methyl sites for hydroxylation is 1. The van der Waals surface area contributed by atoms with Crippen LogP contribution < -0.4 is 5.56 Å². The van der Waals surface area contributed by atoms with Gasteiger partial charge in [0.1, 0.15) is 0 Å². The van der Waals surface area contributed by atoms with Gasteiger partial charge in [0.05, 0.1) is 6.54 Å². The van der Waals surface area contributed by atoms with Gasteiger partial charge in [-0.1, -0.05) is 12.1 Å². The van der Waals surface area contributed by atoms with Crippen molar-refractivity contribution in [1.82, 2.24) is 4.57 Å². The van der Waals surface area contributed by atoms with E-state index in [0.29, 0.717) is 6.54 Å². The van der Waals surface area contributed by atoms with Crippen molar-refractivity contribution in [3.63, 3.8) is 0 Å². The molecule has 2 aromatic heterocycles. The fraction of sp³-hybridized carbons (Fsp3) is 0.182. The largest absolute Gasteiger partial charge is 0.310 e. The summed E-state index contributed by atoms with van der Waals surface area (Å²) < 4.78 is 1.74. The lowest BCUT2D eigenvalue weighted by molar-refractivity contribution is 0.762. The van der Waals surface area contributed by atoms with Crippen molar-refractivity contribution in [3.8, 4) is 0 Å². The lowest BCUT2D eigenvalue weighted by Crippen LogP contribution is -2.21. The SMILES string of the molecule is Cc1cccn(Cc2cccs2)c1=O. The Morgan fingerprint density at radius 2 is 2.21 bits per heavy atom. The van der Waals surface area contributed by atoms with E-state index in [2.05, 4.69) is 0 Å². The molecule has 0 radical (unpaired) electrons. The van der Waals surface area contributed by atoms with Crippen molar-refractivity contribution >= 4 is 11.3 Å². The highest BCUT2D eigenvalue weighted by molar-refractivity contribution is 7.09. The normalized spacial score (nSPS) is 10.4. The summed E-state index contributed by atoms with van der Waals surface area (Å²) in [4.78, 5) is 12.9. The first-order valence-corrected chi connectivity index (χ1v) is 5.34. The number of nitrogens with zero attached hydrogens (tertiary/aromatic N) is 1. The summed E-state index contributed by atoms with van der Waals surface area (Å²) in [5.74, 6) is 0. The van der Waals surface area contributed by atoms with E-state index < -0.39 is 0 Å². The summed E-state index contributed by atoms with van der Waals surface area (Å²) in [6, 6.07) is 7.79. The summed E-state index contributed by atoms with van der Waals surface area (Å²) >= 11 is 1.67. The minimum absolute atomic E-state index is 0.0981. The molecule has 14 heavy (non-hydrogen) atoms. The van der Waals surface area contributed by atoms with Crippen LogP contribution in [0.25, 0.3) is 0 Å². The van der Waals surface area contributed by atoms with Crippen LogP contribution in [0.3, 0.4) is 0 Å². The van der Waals surface area contributed by atoms with Crippen LogP contribution in [-0.2, 0) is 6.54 Å². The van der Waals surface area contributed by atoms with Crippen molar-refractivity contribution in [2.45, 2.75) is 13.5 Å². The molecule has 0 saturated heterocycles. The van der Waals surface area contributed by atoms with E-state index in [1.807, 2.05) is 42.8 Å². The van der Waals surface area contributed by atoms with Gasteiger partial charge in [-0.3, -0.25) is 4.79 Å². The van der Waals surface area contributed by atoms with Gasteiger partial charge in [0.25, 0.3) is 5.56 Å². The highest BCUT2D eigenvalue weighted by Crippen LogP contribution is 2.09. The second-order valence-corrected chi connectivity index (χ2v) is 4.24. The molecule has 0 aliphatic rings. The highest BCUT2D eigenvalue weighted by atomic mass is 32.1. The molecule has 0 aromatic carbocycles. The zero-order chi connectivity index (χ0) is 9.97. The Morgan fingerprint density at radius 3 is 2.93 bits per heavy atom. The van der Waals surface area contributed by atoms with Crippen LogP contribution in [0.15, 0.2) is 40.6 Å². The third kappa shape index (κ3) is 1.77. The fourth-order valence-corrected chi connectivity index (χ4v) is 2.05. The smallest absolute Gasteiger partial charge is 0.253 e. The summed E-state index contributed by atoms with van der Waals surface area (Å²) in [6.07, 6.45) is 1.83. The van der Waals surface area contributed by atoms with E-state index in [0.717, 1.165) is 5.56 Å². The Kier molecular flexibility index (Phi) is 2.50. The molecule has 0 amide bonds. The maximum atomic E-state index is 11.7. The van der Waals surface area contributed by atoms with Crippen molar-refractivity contribution in [2.75, 3.05) is 0 Å². The van der Waals surface area contributed by atoms with Crippen LogP contribution in [-0.4, -0.2) is 4.57 Å². The van der Waals surface area contributed by atoms with E-state index in [4.69, 9.17) is 0 Å². The molecule has 0 aliphatic heterocycles. The number of pyridine rings is 1. The van der Waals surface area contributed by atoms with E-state index in [1.165, 1.54) is 4.88 Å². The predicted octanol–water partition coefficient (Wildman–Crippen LogP) is 2.27. The number of hydrogen-bond acceptors (Lipinski definition) is 2. The van der Waals surface area contributed by atoms with E-state index in [1.54, 1.807) is 15.9 Å². The first-order chi connectivity index (χ1) is 6.77. The van der Waals surface area contributed by atoms with Crippen molar-refractivity contribution in [3.05, 3.63) is 56.6 Å². The first-order valence-electron chi connectivity index (χ1n) is 4.46. The Morgan fingerprint density at radius 1 is 1.36 bits per heavy atom. The second kappa shape index (κ2) is 3.80. The molecular formula is C11H11NOS. The zero-order valence-electron chi connectivity index (χ0n) is 7.93. The topological polar surface area (TPSA) is 22.0 Å². The molecule has 0 bridgehead atoms. The third-order valence-electron chi connectivity index (χ3n) is 2.12. The molecule has 0 aliphatic carbocycles. The van der Waals surface area contributed by atoms with Gasteiger partial charge in [0.15, 0.2) is 0 Å². The van der Waals surface area contributed by atoms with Gasteiger partial charge in [-0.15, -0.1) is 11.3 Å². The summed E-state index contributed by atoms with van der Waals surface area (Å²) in [5, 5.41) is 2.02. The van der Waals surface area contributed by atoms with Crippen LogP contribution in [0.2, 0.25) is 0 Å². The van der Waals surface area contributed by atoms with E-state index >= 15 is 0 Å². The van der Waals surface area contributed by atoms with Crippen LogP contribution in [0.4, 0.5) is 0 Å². The Bertz CT molecular complexity index is 470. The molecule has 0 saturated carbocycles. The number of thiophene rings is 1. The maximum Gasteiger partial charge on any atom is 0.253 e. The number of aromatic nitrogens is 1. The number of rotatable bonds is 2. The lowest BCUT2D eigenvalue weighted by atomic mass is 10.3. The van der Waals surface area contributed by atoms with Crippen LogP contribution in [0.5, 0.6) is 0 Å². The number of hydrogen-bond donors (Lipinski definition) is 0. The molecular weight excluding hydrogens is 194 g/mol. The second-order valence-electron chi connectivity index (χ2n) is 3.20. The van der Waals surface area contributed by atoms with Gasteiger partial charge in [0.2, 0.25) is 0 Å². The van der Waals surface area contributed by atoms with Crippen LogP contribution in [0.1, 0.15) is 10.4 Å². The van der Waals surface area contributed by atoms with Gasteiger partial charge in [0, 0.05) is 16.6 Å². The van der Waals surface area contributed by atoms with Crippen molar-refractivity contribution in [1.29, 1.82) is 0 Å². The van der Waals surface area contributed by atoms with Crippen molar-refractivity contribution < 1.29 is 0 Å². The fourth-order valence-electron chi connectivity index (χ4n) is 1.35. The standard InChI is InChI=1S/C11H11NOS/c1-9-4-2-6-12(11(9)13)8-10-5-3-7-14-10/h2-7H,8H2,1H3. The Balaban J connectivity index is 2.34. The molecule has 2 nitrogen and oxygen atoms in total. The molecule has 2 rings (SSSR count). The molecule has 0 spiro atoms. The summed E-state index contributed by atoms with van der Waals surface area (Å²) in [6.45, 7) is 2.52. The lowest BCUT2D eigenvalue weighted by Gasteiger charge is -2.03. The molecule has 0 fully saturated rings. The van der Waals surface area contributed by atoms with E-state index in [-0.39, 0.29) is 5.56 Å². The Hall–Kier alpha value is -1.35. The molecule has 0 atom stereocenters. The highest BCUT2D eigenvalue weighted by Gasteiger charge is 1.99. The van der Waals surface area contributed by atoms with Gasteiger partial charge in [-0.25, -0.2) is 0 Å². The van der Waals surface area contributed by atoms with Crippen molar-refractivity contribution in [2.24, 2.45) is 0 Å². The molecule has 72 valence electrons. The average molecular weight is 205 g/mol. The summed E-state index contributed by atoms with van der Waals surface area (Å²) in [7, 11) is 0.